The number of nitrogens with one attached hydrogen (secondary N) is 1. The van der Waals surface area contributed by atoms with E-state index in [1.807, 2.05) is 53.7 Å². The van der Waals surface area contributed by atoms with Crippen LogP contribution in [0.4, 0.5) is 5.69 Å². The normalized spacial score (nSPS) is 12.5. The summed E-state index contributed by atoms with van der Waals surface area (Å²) in [6.07, 6.45) is 0.0614. The molecule has 0 amide bonds. The highest BCUT2D eigenvalue weighted by molar-refractivity contribution is 6.64. The summed E-state index contributed by atoms with van der Waals surface area (Å²) in [4.78, 5) is 3.39. The summed E-state index contributed by atoms with van der Waals surface area (Å²) in [6, 6.07) is 8.16. The number of benzene rings is 1. The summed E-state index contributed by atoms with van der Waals surface area (Å²) in [5, 5.41) is 0. The van der Waals surface area contributed by atoms with Crippen molar-refractivity contribution in [3.05, 3.63) is 29.8 Å². The van der Waals surface area contributed by atoms with E-state index in [4.69, 9.17) is 13.3 Å². The first-order chi connectivity index (χ1) is 9.72. The fourth-order valence-corrected chi connectivity index (χ4v) is 4.64. The van der Waals surface area contributed by atoms with Gasteiger partial charge in [0.2, 0.25) is 0 Å². The van der Waals surface area contributed by atoms with Crippen molar-refractivity contribution in [2.75, 3.05) is 4.98 Å². The first-order valence-electron chi connectivity index (χ1n) is 7.60. The first-order valence-corrected chi connectivity index (χ1v) is 9.33. The summed E-state index contributed by atoms with van der Waals surface area (Å²) in [6.45, 7) is 14.0. The number of aryl methyl sites for hydroxylation is 1. The van der Waals surface area contributed by atoms with Crippen LogP contribution in [0.15, 0.2) is 24.3 Å². The molecule has 4 nitrogen and oxygen atoms in total. The molecule has 21 heavy (non-hydrogen) atoms. The fraction of sp³-hybridized carbons (Fsp3) is 0.625. The second kappa shape index (κ2) is 7.94. The van der Waals surface area contributed by atoms with Crippen molar-refractivity contribution < 1.29 is 13.3 Å². The van der Waals surface area contributed by atoms with Crippen molar-refractivity contribution in [3.8, 4) is 0 Å². The number of hydrogen-bond acceptors (Lipinski definition) is 4. The molecule has 0 radical (unpaired) electrons. The zero-order chi connectivity index (χ0) is 16.0. The molecule has 0 atom stereocenters. The lowest BCUT2D eigenvalue weighted by Gasteiger charge is -2.34. The molecule has 0 aliphatic carbocycles. The summed E-state index contributed by atoms with van der Waals surface area (Å²) < 4.78 is 18.2. The summed E-state index contributed by atoms with van der Waals surface area (Å²) in [7, 11) is -2.99. The van der Waals surface area contributed by atoms with E-state index in [1.54, 1.807) is 0 Å². The van der Waals surface area contributed by atoms with E-state index < -0.39 is 8.97 Å². The minimum Gasteiger partial charge on any atom is -0.354 e. The molecule has 0 heterocycles. The predicted octanol–water partition coefficient (Wildman–Crippen LogP) is 4.12. The monoisotopic (exact) mass is 311 g/mol. The lowest BCUT2D eigenvalue weighted by atomic mass is 10.2. The molecule has 5 heteroatoms. The Morgan fingerprint density at radius 2 is 1.14 bits per heavy atom. The molecule has 0 bridgehead atoms. The van der Waals surface area contributed by atoms with Crippen LogP contribution >= 0.6 is 0 Å². The Bertz CT molecular complexity index is 392. The number of hydrogen-bond donors (Lipinski definition) is 1. The average molecular weight is 311 g/mol. The van der Waals surface area contributed by atoms with Gasteiger partial charge in [-0.1, -0.05) is 17.7 Å². The van der Waals surface area contributed by atoms with Crippen LogP contribution in [0.2, 0.25) is 0 Å². The van der Waals surface area contributed by atoms with Gasteiger partial charge >= 0.3 is 8.97 Å². The molecule has 0 aliphatic heterocycles. The zero-order valence-corrected chi connectivity index (χ0v) is 15.3. The third-order valence-electron chi connectivity index (χ3n) is 2.52. The molecule has 0 unspecified atom stereocenters. The van der Waals surface area contributed by atoms with E-state index >= 15 is 0 Å². The highest BCUT2D eigenvalue weighted by Gasteiger charge is 2.46. The van der Waals surface area contributed by atoms with Gasteiger partial charge in [-0.05, 0) is 60.6 Å². The van der Waals surface area contributed by atoms with Gasteiger partial charge in [-0.2, -0.15) is 0 Å². The van der Waals surface area contributed by atoms with E-state index in [9.17, 15) is 0 Å². The Hall–Kier alpha value is -0.883. The largest absolute Gasteiger partial charge is 0.631 e. The second-order valence-electron chi connectivity index (χ2n) is 6.05. The van der Waals surface area contributed by atoms with Gasteiger partial charge in [0.15, 0.2) is 0 Å². The predicted molar refractivity (Wildman–Crippen MR) is 89.2 cm³/mol. The van der Waals surface area contributed by atoms with Gasteiger partial charge in [0, 0.05) is 24.0 Å². The maximum Gasteiger partial charge on any atom is 0.631 e. The lowest BCUT2D eigenvalue weighted by molar-refractivity contribution is 0.00913. The third kappa shape index (κ3) is 6.61. The van der Waals surface area contributed by atoms with E-state index in [0.29, 0.717) is 0 Å². The van der Waals surface area contributed by atoms with Gasteiger partial charge in [-0.3, -0.25) is 0 Å². The molecule has 0 fully saturated rings. The standard InChI is InChI=1S/C16H29NO3Si/c1-12(2)18-21(19-13(3)4,20-14(5)6)17-16-10-8-15(7)9-11-16/h8-14,17H,1-7H3. The highest BCUT2D eigenvalue weighted by atomic mass is 28.4. The Labute approximate surface area is 130 Å². The first kappa shape index (κ1) is 18.2. The molecule has 1 aromatic carbocycles. The van der Waals surface area contributed by atoms with Crippen LogP contribution in [-0.2, 0) is 13.3 Å². The molecule has 1 N–H and O–H groups in total. The second-order valence-corrected chi connectivity index (χ2v) is 8.12. The Kier molecular flexibility index (Phi) is 6.87. The third-order valence-corrected chi connectivity index (χ3v) is 5.46. The number of rotatable bonds is 8. The maximum absolute atomic E-state index is 6.08. The Morgan fingerprint density at radius 3 is 1.48 bits per heavy atom. The molecule has 0 aromatic heterocycles. The van der Waals surface area contributed by atoms with Gasteiger partial charge in [0.05, 0.1) is 0 Å². The molecule has 1 aromatic rings. The van der Waals surface area contributed by atoms with Crippen molar-refractivity contribution in [2.45, 2.75) is 66.8 Å². The van der Waals surface area contributed by atoms with E-state index in [1.165, 1.54) is 5.56 Å². The molecule has 0 spiro atoms. The van der Waals surface area contributed by atoms with E-state index in [2.05, 4.69) is 24.0 Å². The minimum absolute atomic E-state index is 0.0205. The van der Waals surface area contributed by atoms with Gasteiger partial charge < -0.3 is 18.3 Å². The van der Waals surface area contributed by atoms with Crippen molar-refractivity contribution >= 4 is 14.7 Å². The highest BCUT2D eigenvalue weighted by Crippen LogP contribution is 2.21. The lowest BCUT2D eigenvalue weighted by Crippen LogP contribution is -2.57. The molecule has 0 saturated carbocycles. The fourth-order valence-electron chi connectivity index (χ4n) is 1.92. The molecule has 1 rings (SSSR count). The topological polar surface area (TPSA) is 39.7 Å². The van der Waals surface area contributed by atoms with E-state index in [0.717, 1.165) is 5.69 Å². The summed E-state index contributed by atoms with van der Waals surface area (Å²) >= 11 is 0. The van der Waals surface area contributed by atoms with Gasteiger partial charge in [0.1, 0.15) is 0 Å². The van der Waals surface area contributed by atoms with Crippen LogP contribution in [-0.4, -0.2) is 27.3 Å². The molecular weight excluding hydrogens is 282 g/mol. The van der Waals surface area contributed by atoms with Crippen LogP contribution in [0.5, 0.6) is 0 Å². The summed E-state index contributed by atoms with van der Waals surface area (Å²) in [5.74, 6) is 0. The molecule has 0 saturated heterocycles. The molecule has 0 aliphatic rings. The zero-order valence-electron chi connectivity index (χ0n) is 14.3. The molecule has 120 valence electrons. The van der Waals surface area contributed by atoms with Crippen molar-refractivity contribution in [3.63, 3.8) is 0 Å². The summed E-state index contributed by atoms with van der Waals surface area (Å²) in [5.41, 5.74) is 2.17. The minimum atomic E-state index is -2.99. The van der Waals surface area contributed by atoms with Gasteiger partial charge in [-0.15, -0.1) is 0 Å². The SMILES string of the molecule is Cc1ccc(N[Si](OC(C)C)(OC(C)C)OC(C)C)cc1. The van der Waals surface area contributed by atoms with Crippen LogP contribution in [0.3, 0.4) is 0 Å². The maximum atomic E-state index is 6.08. The number of anilines is 1. The van der Waals surface area contributed by atoms with Crippen LogP contribution in [0.1, 0.15) is 47.1 Å². The van der Waals surface area contributed by atoms with Gasteiger partial charge in [0.25, 0.3) is 0 Å². The Balaban J connectivity index is 3.03. The average Bonchev–Trinajstić information content (AvgIpc) is 2.29. The van der Waals surface area contributed by atoms with Crippen molar-refractivity contribution in [2.24, 2.45) is 0 Å². The smallest absolute Gasteiger partial charge is 0.354 e. The van der Waals surface area contributed by atoms with Crippen LogP contribution < -0.4 is 4.98 Å². The van der Waals surface area contributed by atoms with Crippen molar-refractivity contribution in [1.29, 1.82) is 0 Å². The Morgan fingerprint density at radius 1 is 0.762 bits per heavy atom. The van der Waals surface area contributed by atoms with Crippen LogP contribution in [0, 0.1) is 6.92 Å². The quantitative estimate of drug-likeness (QED) is 0.733. The van der Waals surface area contributed by atoms with Crippen LogP contribution in [0.25, 0.3) is 0 Å². The van der Waals surface area contributed by atoms with Crippen molar-refractivity contribution in [1.82, 2.24) is 0 Å². The molecular formula is C16H29NO3Si. The van der Waals surface area contributed by atoms with E-state index in [-0.39, 0.29) is 18.3 Å². The van der Waals surface area contributed by atoms with Gasteiger partial charge in [-0.25, -0.2) is 0 Å².